The van der Waals surface area contributed by atoms with Gasteiger partial charge in [0, 0.05) is 9.80 Å². The highest BCUT2D eigenvalue weighted by Crippen LogP contribution is 2.42. The molecule has 0 aliphatic heterocycles. The summed E-state index contributed by atoms with van der Waals surface area (Å²) in [5.74, 6) is -0.146. The first-order valence-corrected chi connectivity index (χ1v) is 7.56. The molecular weight excluding hydrogens is 335 g/mol. The highest BCUT2D eigenvalue weighted by molar-refractivity contribution is 9.10. The Bertz CT molecular complexity index is 350. The SMILES string of the molecule is Fc1cc(Br)cc(CC2(CBr)CCCC2)c1. The van der Waals surface area contributed by atoms with Crippen molar-refractivity contribution in [2.45, 2.75) is 32.1 Å². The molecule has 1 fully saturated rings. The molecule has 0 bridgehead atoms. The van der Waals surface area contributed by atoms with Gasteiger partial charge in [-0.05, 0) is 48.4 Å². The summed E-state index contributed by atoms with van der Waals surface area (Å²) in [6.07, 6.45) is 6.11. The lowest BCUT2D eigenvalue weighted by Crippen LogP contribution is -2.21. The second-order valence-corrected chi connectivity index (χ2v) is 6.27. The summed E-state index contributed by atoms with van der Waals surface area (Å²) >= 11 is 6.97. The van der Waals surface area contributed by atoms with Gasteiger partial charge in [-0.25, -0.2) is 4.39 Å². The van der Waals surface area contributed by atoms with Crippen molar-refractivity contribution in [1.29, 1.82) is 0 Å². The number of alkyl halides is 1. The van der Waals surface area contributed by atoms with Gasteiger partial charge in [0.05, 0.1) is 0 Å². The molecule has 0 heterocycles. The van der Waals surface area contributed by atoms with E-state index in [0.717, 1.165) is 21.8 Å². The lowest BCUT2D eigenvalue weighted by atomic mass is 9.82. The van der Waals surface area contributed by atoms with Crippen LogP contribution in [0.3, 0.4) is 0 Å². The lowest BCUT2D eigenvalue weighted by molar-refractivity contribution is 0.346. The number of benzene rings is 1. The van der Waals surface area contributed by atoms with Crippen molar-refractivity contribution in [1.82, 2.24) is 0 Å². The second-order valence-electron chi connectivity index (χ2n) is 4.80. The van der Waals surface area contributed by atoms with Crippen molar-refractivity contribution in [3.63, 3.8) is 0 Å². The van der Waals surface area contributed by atoms with Crippen LogP contribution in [-0.4, -0.2) is 5.33 Å². The van der Waals surface area contributed by atoms with Gasteiger partial charge in [-0.2, -0.15) is 0 Å². The molecule has 0 nitrogen and oxygen atoms in total. The Balaban J connectivity index is 2.18. The monoisotopic (exact) mass is 348 g/mol. The Morgan fingerprint density at radius 2 is 1.88 bits per heavy atom. The summed E-state index contributed by atoms with van der Waals surface area (Å²) in [4.78, 5) is 0. The van der Waals surface area contributed by atoms with Crippen molar-refractivity contribution in [3.05, 3.63) is 34.1 Å². The van der Waals surface area contributed by atoms with E-state index in [1.807, 2.05) is 6.07 Å². The van der Waals surface area contributed by atoms with Crippen molar-refractivity contribution in [3.8, 4) is 0 Å². The highest BCUT2D eigenvalue weighted by Gasteiger charge is 2.32. The van der Waals surface area contributed by atoms with E-state index in [1.54, 1.807) is 6.07 Å². The van der Waals surface area contributed by atoms with E-state index in [9.17, 15) is 4.39 Å². The van der Waals surface area contributed by atoms with E-state index in [2.05, 4.69) is 31.9 Å². The van der Waals surface area contributed by atoms with Gasteiger partial charge in [0.15, 0.2) is 0 Å². The maximum absolute atomic E-state index is 13.3. The number of hydrogen-bond donors (Lipinski definition) is 0. The Morgan fingerprint density at radius 1 is 1.19 bits per heavy atom. The molecule has 1 aromatic carbocycles. The van der Waals surface area contributed by atoms with Crippen LogP contribution in [0.4, 0.5) is 4.39 Å². The third-order valence-corrected chi connectivity index (χ3v) is 5.10. The Labute approximate surface area is 113 Å². The van der Waals surface area contributed by atoms with E-state index >= 15 is 0 Å². The van der Waals surface area contributed by atoms with E-state index < -0.39 is 0 Å². The van der Waals surface area contributed by atoms with Gasteiger partial charge in [-0.1, -0.05) is 44.7 Å². The first-order valence-electron chi connectivity index (χ1n) is 5.65. The molecule has 16 heavy (non-hydrogen) atoms. The van der Waals surface area contributed by atoms with Crippen LogP contribution in [0.2, 0.25) is 0 Å². The van der Waals surface area contributed by atoms with Crippen LogP contribution < -0.4 is 0 Å². The van der Waals surface area contributed by atoms with Gasteiger partial charge in [-0.3, -0.25) is 0 Å². The van der Waals surface area contributed by atoms with Crippen molar-refractivity contribution >= 4 is 31.9 Å². The molecule has 0 unspecified atom stereocenters. The second kappa shape index (κ2) is 5.18. The molecule has 1 aliphatic rings. The molecule has 0 atom stereocenters. The number of rotatable bonds is 3. The third-order valence-electron chi connectivity index (χ3n) is 3.45. The molecule has 0 saturated heterocycles. The third kappa shape index (κ3) is 2.86. The predicted octanol–water partition coefficient (Wildman–Crippen LogP) is 5.09. The molecule has 0 aromatic heterocycles. The average Bonchev–Trinajstić information content (AvgIpc) is 2.65. The first-order chi connectivity index (χ1) is 7.63. The molecule has 2 rings (SSSR count). The Hall–Kier alpha value is 0.110. The molecular formula is C13H15Br2F. The van der Waals surface area contributed by atoms with Crippen LogP contribution in [0, 0.1) is 11.2 Å². The summed E-state index contributed by atoms with van der Waals surface area (Å²) in [6.45, 7) is 0. The maximum atomic E-state index is 13.3. The first kappa shape index (κ1) is 12.6. The van der Waals surface area contributed by atoms with Gasteiger partial charge in [-0.15, -0.1) is 0 Å². The van der Waals surface area contributed by atoms with Gasteiger partial charge in [0.25, 0.3) is 0 Å². The van der Waals surface area contributed by atoms with Crippen LogP contribution >= 0.6 is 31.9 Å². The van der Waals surface area contributed by atoms with E-state index in [4.69, 9.17) is 0 Å². The zero-order valence-corrected chi connectivity index (χ0v) is 12.3. The standard InChI is InChI=1S/C13H15Br2F/c14-9-13(3-1-2-4-13)8-10-5-11(15)7-12(16)6-10/h5-7H,1-4,8-9H2. The number of hydrogen-bond acceptors (Lipinski definition) is 0. The quantitative estimate of drug-likeness (QED) is 0.667. The Morgan fingerprint density at radius 3 is 2.44 bits per heavy atom. The molecule has 3 heteroatoms. The fourth-order valence-electron chi connectivity index (χ4n) is 2.63. The van der Waals surface area contributed by atoms with Gasteiger partial charge in [0.2, 0.25) is 0 Å². The van der Waals surface area contributed by atoms with Crippen molar-refractivity contribution in [2.24, 2.45) is 5.41 Å². The summed E-state index contributed by atoms with van der Waals surface area (Å²) in [7, 11) is 0. The van der Waals surface area contributed by atoms with E-state index in [1.165, 1.54) is 31.7 Å². The van der Waals surface area contributed by atoms with E-state index in [0.29, 0.717) is 5.41 Å². The summed E-state index contributed by atoms with van der Waals surface area (Å²) < 4.78 is 14.1. The van der Waals surface area contributed by atoms with Gasteiger partial charge in [0.1, 0.15) is 5.82 Å². The summed E-state index contributed by atoms with van der Waals surface area (Å²) in [5.41, 5.74) is 1.46. The number of halogens is 3. The molecule has 1 aromatic rings. The van der Waals surface area contributed by atoms with Crippen LogP contribution in [0.1, 0.15) is 31.2 Å². The minimum absolute atomic E-state index is 0.146. The summed E-state index contributed by atoms with van der Waals surface area (Å²) in [6, 6.07) is 5.21. The molecule has 1 saturated carbocycles. The smallest absolute Gasteiger partial charge is 0.124 e. The normalized spacial score (nSPS) is 18.9. The van der Waals surface area contributed by atoms with Crippen LogP contribution in [0.15, 0.2) is 22.7 Å². The average molecular weight is 350 g/mol. The zero-order chi connectivity index (χ0) is 11.6. The molecule has 0 N–H and O–H groups in total. The van der Waals surface area contributed by atoms with E-state index in [-0.39, 0.29) is 5.82 Å². The van der Waals surface area contributed by atoms with Gasteiger partial charge >= 0.3 is 0 Å². The molecule has 88 valence electrons. The minimum Gasteiger partial charge on any atom is -0.207 e. The fraction of sp³-hybridized carbons (Fsp3) is 0.538. The maximum Gasteiger partial charge on any atom is 0.124 e. The molecule has 1 aliphatic carbocycles. The van der Waals surface area contributed by atoms with Crippen molar-refractivity contribution < 1.29 is 4.39 Å². The predicted molar refractivity (Wildman–Crippen MR) is 72.5 cm³/mol. The fourth-order valence-corrected chi connectivity index (χ4v) is 3.90. The topological polar surface area (TPSA) is 0 Å². The molecule has 0 radical (unpaired) electrons. The molecule has 0 spiro atoms. The van der Waals surface area contributed by atoms with Gasteiger partial charge < -0.3 is 0 Å². The Kier molecular flexibility index (Phi) is 4.06. The minimum atomic E-state index is -0.146. The van der Waals surface area contributed by atoms with Crippen LogP contribution in [0.5, 0.6) is 0 Å². The van der Waals surface area contributed by atoms with Crippen LogP contribution in [0.25, 0.3) is 0 Å². The zero-order valence-electron chi connectivity index (χ0n) is 9.11. The molecule has 0 amide bonds. The highest BCUT2D eigenvalue weighted by atomic mass is 79.9. The van der Waals surface area contributed by atoms with Crippen LogP contribution in [-0.2, 0) is 6.42 Å². The lowest BCUT2D eigenvalue weighted by Gasteiger charge is -2.26. The largest absolute Gasteiger partial charge is 0.207 e. The van der Waals surface area contributed by atoms with Crippen molar-refractivity contribution in [2.75, 3.05) is 5.33 Å². The summed E-state index contributed by atoms with van der Waals surface area (Å²) in [5, 5.41) is 1.02.